The van der Waals surface area contributed by atoms with E-state index in [0.717, 1.165) is 17.1 Å². The minimum Gasteiger partial charge on any atom is -0.508 e. The third-order valence-corrected chi connectivity index (χ3v) is 3.84. The van der Waals surface area contributed by atoms with E-state index in [4.69, 9.17) is 4.74 Å². The molecule has 0 saturated heterocycles. The van der Waals surface area contributed by atoms with E-state index in [1.807, 2.05) is 19.1 Å². The molecule has 0 aliphatic rings. The third kappa shape index (κ3) is 4.46. The molecule has 2 nitrogen and oxygen atoms in total. The number of ether oxygens (including phenoxy) is 1. The Morgan fingerprint density at radius 1 is 1.15 bits per heavy atom. The number of benzene rings is 2. The molecule has 0 aromatic heterocycles. The molecule has 2 aromatic rings. The summed E-state index contributed by atoms with van der Waals surface area (Å²) in [6.45, 7) is 1.93. The van der Waals surface area contributed by atoms with Crippen LogP contribution in [-0.4, -0.2) is 17.0 Å². The molecule has 2 rings (SSSR count). The van der Waals surface area contributed by atoms with Crippen LogP contribution in [0.2, 0.25) is 0 Å². The van der Waals surface area contributed by atoms with Gasteiger partial charge in [0, 0.05) is 10.6 Å². The van der Waals surface area contributed by atoms with Crippen LogP contribution < -0.4 is 4.74 Å². The highest BCUT2D eigenvalue weighted by Crippen LogP contribution is 2.23. The zero-order chi connectivity index (χ0) is 14.4. The Balaban J connectivity index is 1.76. The molecule has 0 saturated carbocycles. The van der Waals surface area contributed by atoms with Gasteiger partial charge in [-0.1, -0.05) is 12.1 Å². The number of para-hydroxylation sites is 1. The summed E-state index contributed by atoms with van der Waals surface area (Å²) in [4.78, 5) is 1.10. The van der Waals surface area contributed by atoms with Crippen LogP contribution in [0.3, 0.4) is 0 Å². The van der Waals surface area contributed by atoms with Gasteiger partial charge < -0.3 is 9.84 Å². The van der Waals surface area contributed by atoms with Crippen LogP contribution in [0.5, 0.6) is 11.5 Å². The van der Waals surface area contributed by atoms with Gasteiger partial charge in [0.25, 0.3) is 0 Å². The lowest BCUT2D eigenvalue weighted by Crippen LogP contribution is -2.13. The normalized spacial score (nSPS) is 12.1. The van der Waals surface area contributed by atoms with Gasteiger partial charge in [0.15, 0.2) is 11.6 Å². The molecule has 106 valence electrons. The minimum atomic E-state index is -0.328. The van der Waals surface area contributed by atoms with Crippen LogP contribution in [0.4, 0.5) is 4.39 Å². The number of hydrogen-bond donors (Lipinski definition) is 1. The number of phenolic OH excluding ortho intramolecular Hbond substituents is 1. The summed E-state index contributed by atoms with van der Waals surface area (Å²) in [5.41, 5.74) is 0. The Morgan fingerprint density at radius 3 is 2.55 bits per heavy atom. The van der Waals surface area contributed by atoms with E-state index >= 15 is 0 Å². The van der Waals surface area contributed by atoms with Crippen molar-refractivity contribution in [3.8, 4) is 11.5 Å². The Hall–Kier alpha value is -1.68. The molecule has 0 radical (unpaired) electrons. The Kier molecular flexibility index (Phi) is 5.30. The van der Waals surface area contributed by atoms with Crippen LogP contribution in [0.25, 0.3) is 0 Å². The van der Waals surface area contributed by atoms with Crippen molar-refractivity contribution in [1.29, 1.82) is 0 Å². The van der Waals surface area contributed by atoms with E-state index in [9.17, 15) is 9.50 Å². The summed E-state index contributed by atoms with van der Waals surface area (Å²) in [6, 6.07) is 13.5. The van der Waals surface area contributed by atoms with E-state index in [0.29, 0.717) is 5.75 Å². The van der Waals surface area contributed by atoms with Gasteiger partial charge in [0.2, 0.25) is 0 Å². The third-order valence-electron chi connectivity index (χ3n) is 2.79. The molecule has 0 amide bonds. The average Bonchev–Trinajstić information content (AvgIpc) is 2.44. The highest BCUT2D eigenvalue weighted by atomic mass is 32.2. The molecule has 1 N–H and O–H groups in total. The summed E-state index contributed by atoms with van der Waals surface area (Å²) in [6.07, 6.45) is 0.774. The number of aromatic hydroxyl groups is 1. The molecule has 0 bridgehead atoms. The highest BCUT2D eigenvalue weighted by Gasteiger charge is 2.08. The summed E-state index contributed by atoms with van der Waals surface area (Å²) in [7, 11) is 0. The lowest BCUT2D eigenvalue weighted by molar-refractivity contribution is 0.209. The zero-order valence-corrected chi connectivity index (χ0v) is 12.1. The smallest absolute Gasteiger partial charge is 0.165 e. The fraction of sp³-hybridized carbons (Fsp3) is 0.250. The van der Waals surface area contributed by atoms with Gasteiger partial charge in [-0.25, -0.2) is 4.39 Å². The van der Waals surface area contributed by atoms with Gasteiger partial charge >= 0.3 is 0 Å². The predicted octanol–water partition coefficient (Wildman–Crippen LogP) is 4.48. The van der Waals surface area contributed by atoms with Crippen molar-refractivity contribution in [3.05, 3.63) is 54.3 Å². The Labute approximate surface area is 122 Å². The van der Waals surface area contributed by atoms with Crippen LogP contribution in [-0.2, 0) is 0 Å². The molecule has 1 atom stereocenters. The minimum absolute atomic E-state index is 0.0449. The van der Waals surface area contributed by atoms with E-state index < -0.39 is 0 Å². The van der Waals surface area contributed by atoms with Gasteiger partial charge in [0.1, 0.15) is 5.75 Å². The summed E-state index contributed by atoms with van der Waals surface area (Å²) >= 11 is 1.69. The second kappa shape index (κ2) is 7.20. The van der Waals surface area contributed by atoms with E-state index in [1.165, 1.54) is 6.07 Å². The van der Waals surface area contributed by atoms with Gasteiger partial charge in [-0.15, -0.1) is 11.8 Å². The second-order valence-corrected chi connectivity index (χ2v) is 5.66. The lowest BCUT2D eigenvalue weighted by atomic mass is 10.3. The van der Waals surface area contributed by atoms with E-state index in [1.54, 1.807) is 42.1 Å². The fourth-order valence-corrected chi connectivity index (χ4v) is 2.72. The quantitative estimate of drug-likeness (QED) is 0.796. The number of hydrogen-bond acceptors (Lipinski definition) is 3. The van der Waals surface area contributed by atoms with E-state index in [-0.39, 0.29) is 17.7 Å². The first-order valence-corrected chi connectivity index (χ1v) is 7.47. The first kappa shape index (κ1) is 14.7. The predicted molar refractivity (Wildman–Crippen MR) is 79.9 cm³/mol. The largest absolute Gasteiger partial charge is 0.508 e. The van der Waals surface area contributed by atoms with Gasteiger partial charge in [-0.05, 0) is 49.7 Å². The molecule has 20 heavy (non-hydrogen) atoms. The maximum absolute atomic E-state index is 13.4. The summed E-state index contributed by atoms with van der Waals surface area (Å²) in [5.74, 6) is 1.12. The molecule has 1 unspecified atom stereocenters. The zero-order valence-electron chi connectivity index (χ0n) is 11.3. The first-order valence-electron chi connectivity index (χ1n) is 6.48. The van der Waals surface area contributed by atoms with Crippen molar-refractivity contribution >= 4 is 11.8 Å². The monoisotopic (exact) mass is 292 g/mol. The molecule has 0 aliphatic heterocycles. The van der Waals surface area contributed by atoms with Crippen molar-refractivity contribution in [2.24, 2.45) is 0 Å². The fourth-order valence-electron chi connectivity index (χ4n) is 1.70. The number of phenols is 1. The molecule has 0 heterocycles. The molecular formula is C16H17FO2S. The standard InChI is InChI=1S/C16H17FO2S/c1-12(19-16-5-3-2-4-15(16)17)10-11-20-14-8-6-13(18)7-9-14/h2-9,12,18H,10-11H2,1H3. The van der Waals surface area contributed by atoms with Crippen molar-refractivity contribution in [3.63, 3.8) is 0 Å². The summed E-state index contributed by atoms with van der Waals surface area (Å²) < 4.78 is 19.0. The SMILES string of the molecule is CC(CCSc1ccc(O)cc1)Oc1ccccc1F. The highest BCUT2D eigenvalue weighted by molar-refractivity contribution is 7.99. The molecule has 0 fully saturated rings. The van der Waals surface area contributed by atoms with Crippen LogP contribution in [0, 0.1) is 5.82 Å². The van der Waals surface area contributed by atoms with Crippen LogP contribution >= 0.6 is 11.8 Å². The number of rotatable bonds is 6. The number of thioether (sulfide) groups is 1. The maximum atomic E-state index is 13.4. The van der Waals surface area contributed by atoms with Crippen LogP contribution in [0.1, 0.15) is 13.3 Å². The van der Waals surface area contributed by atoms with Gasteiger partial charge in [0.05, 0.1) is 6.10 Å². The van der Waals surface area contributed by atoms with Gasteiger partial charge in [-0.3, -0.25) is 0 Å². The second-order valence-electron chi connectivity index (χ2n) is 4.49. The molecular weight excluding hydrogens is 275 g/mol. The van der Waals surface area contributed by atoms with E-state index in [2.05, 4.69) is 0 Å². The lowest BCUT2D eigenvalue weighted by Gasteiger charge is -2.14. The topological polar surface area (TPSA) is 29.5 Å². The number of halogens is 1. The van der Waals surface area contributed by atoms with Gasteiger partial charge in [-0.2, -0.15) is 0 Å². The first-order chi connectivity index (χ1) is 9.65. The Morgan fingerprint density at radius 2 is 1.85 bits per heavy atom. The maximum Gasteiger partial charge on any atom is 0.165 e. The molecule has 2 aromatic carbocycles. The molecule has 0 spiro atoms. The average molecular weight is 292 g/mol. The van der Waals surface area contributed by atoms with Crippen molar-refractivity contribution in [2.45, 2.75) is 24.3 Å². The molecule has 4 heteroatoms. The van der Waals surface area contributed by atoms with Crippen molar-refractivity contribution in [1.82, 2.24) is 0 Å². The van der Waals surface area contributed by atoms with Crippen LogP contribution in [0.15, 0.2) is 53.4 Å². The summed E-state index contributed by atoms with van der Waals surface area (Å²) in [5, 5.41) is 9.20. The molecule has 0 aliphatic carbocycles. The van der Waals surface area contributed by atoms with Crippen molar-refractivity contribution in [2.75, 3.05) is 5.75 Å². The van der Waals surface area contributed by atoms with Crippen molar-refractivity contribution < 1.29 is 14.2 Å². The Bertz CT molecular complexity index is 542.